The lowest BCUT2D eigenvalue weighted by molar-refractivity contribution is 0.102. The minimum absolute atomic E-state index is 0.153. The van der Waals surface area contributed by atoms with Gasteiger partial charge in [0.15, 0.2) is 5.69 Å². The van der Waals surface area contributed by atoms with Crippen LogP contribution in [0.5, 0.6) is 0 Å². The van der Waals surface area contributed by atoms with Gasteiger partial charge < -0.3 is 9.72 Å². The molecule has 0 aliphatic carbocycles. The summed E-state index contributed by atoms with van der Waals surface area (Å²) in [6.45, 7) is 1.32. The zero-order valence-corrected chi connectivity index (χ0v) is 11.7. The molecule has 2 aromatic heterocycles. The summed E-state index contributed by atoms with van der Waals surface area (Å²) in [5.41, 5.74) is 1.92. The lowest BCUT2D eigenvalue weighted by Crippen LogP contribution is -2.13. The number of imidazole rings is 1. The van der Waals surface area contributed by atoms with Gasteiger partial charge in [-0.25, -0.2) is 9.67 Å². The topological polar surface area (TPSA) is 97.7 Å². The number of hydrogen-bond donors (Lipinski definition) is 2. The van der Waals surface area contributed by atoms with Gasteiger partial charge in [0.25, 0.3) is 5.91 Å². The molecule has 0 radical (unpaired) electrons. The fourth-order valence-electron chi connectivity index (χ4n) is 2.47. The van der Waals surface area contributed by atoms with E-state index in [1.54, 1.807) is 10.9 Å². The van der Waals surface area contributed by atoms with Gasteiger partial charge in [0.2, 0.25) is 5.95 Å². The highest BCUT2D eigenvalue weighted by Crippen LogP contribution is 2.18. The van der Waals surface area contributed by atoms with Crippen LogP contribution in [0.2, 0.25) is 0 Å². The van der Waals surface area contributed by atoms with Crippen LogP contribution >= 0.6 is 0 Å². The first-order valence-corrected chi connectivity index (χ1v) is 7.05. The molecule has 2 N–H and O–H groups in total. The number of rotatable bonds is 3. The van der Waals surface area contributed by atoms with Crippen molar-refractivity contribution in [2.75, 3.05) is 18.5 Å². The molecule has 0 spiro atoms. The van der Waals surface area contributed by atoms with E-state index < -0.39 is 0 Å². The smallest absolute Gasteiger partial charge is 0.280 e. The summed E-state index contributed by atoms with van der Waals surface area (Å²) in [6.07, 6.45) is 2.52. The third-order valence-electron chi connectivity index (χ3n) is 3.64. The summed E-state index contributed by atoms with van der Waals surface area (Å²) in [4.78, 5) is 19.5. The van der Waals surface area contributed by atoms with E-state index in [-0.39, 0.29) is 17.6 Å². The van der Waals surface area contributed by atoms with E-state index in [2.05, 4.69) is 25.6 Å². The third kappa shape index (κ3) is 2.33. The van der Waals surface area contributed by atoms with E-state index in [1.807, 2.05) is 24.3 Å². The van der Waals surface area contributed by atoms with Crippen LogP contribution in [-0.4, -0.2) is 44.1 Å². The van der Waals surface area contributed by atoms with Gasteiger partial charge in [-0.1, -0.05) is 17.3 Å². The Balaban J connectivity index is 1.51. The molecule has 1 atom stereocenters. The van der Waals surface area contributed by atoms with E-state index in [0.29, 0.717) is 19.2 Å². The second-order valence-corrected chi connectivity index (χ2v) is 5.16. The van der Waals surface area contributed by atoms with Crippen molar-refractivity contribution < 1.29 is 9.53 Å². The summed E-state index contributed by atoms with van der Waals surface area (Å²) in [7, 11) is 0. The number of fused-ring (bicyclic) bond motifs is 1. The minimum Gasteiger partial charge on any atom is -0.379 e. The van der Waals surface area contributed by atoms with Crippen LogP contribution in [0.25, 0.3) is 11.0 Å². The fraction of sp³-hybridized carbons (Fsp3) is 0.286. The number of carbonyl (C=O) groups excluding carboxylic acids is 1. The van der Waals surface area contributed by atoms with Gasteiger partial charge >= 0.3 is 0 Å². The van der Waals surface area contributed by atoms with Gasteiger partial charge in [-0.2, -0.15) is 0 Å². The summed E-state index contributed by atoms with van der Waals surface area (Å²) in [5, 5.41) is 10.6. The molecule has 1 aromatic carbocycles. The SMILES string of the molecule is O=C(Nc1nc2ccccc2[nH]1)c1cn(C2CCOC2)nn1. The van der Waals surface area contributed by atoms with Gasteiger partial charge in [0.1, 0.15) is 0 Å². The fourth-order valence-corrected chi connectivity index (χ4v) is 2.47. The highest BCUT2D eigenvalue weighted by molar-refractivity contribution is 6.02. The second-order valence-electron chi connectivity index (χ2n) is 5.16. The lowest BCUT2D eigenvalue weighted by atomic mass is 10.3. The first-order chi connectivity index (χ1) is 10.8. The van der Waals surface area contributed by atoms with E-state index in [4.69, 9.17) is 4.74 Å². The van der Waals surface area contributed by atoms with Crippen LogP contribution in [0, 0.1) is 0 Å². The van der Waals surface area contributed by atoms with Crippen molar-refractivity contribution in [2.24, 2.45) is 0 Å². The molecule has 0 saturated carbocycles. The maximum Gasteiger partial charge on any atom is 0.280 e. The molecular formula is C14H14N6O2. The monoisotopic (exact) mass is 298 g/mol. The number of aromatic nitrogens is 5. The van der Waals surface area contributed by atoms with Crippen LogP contribution in [-0.2, 0) is 4.74 Å². The number of aromatic amines is 1. The first kappa shape index (κ1) is 13.0. The number of para-hydroxylation sites is 2. The molecule has 22 heavy (non-hydrogen) atoms. The number of hydrogen-bond acceptors (Lipinski definition) is 5. The summed E-state index contributed by atoms with van der Waals surface area (Å²) in [5.74, 6) is 0.0502. The zero-order valence-electron chi connectivity index (χ0n) is 11.7. The Bertz CT molecular complexity index is 784. The van der Waals surface area contributed by atoms with E-state index in [9.17, 15) is 4.79 Å². The predicted molar refractivity (Wildman–Crippen MR) is 78.5 cm³/mol. The van der Waals surface area contributed by atoms with Gasteiger partial charge in [0, 0.05) is 6.61 Å². The quantitative estimate of drug-likeness (QED) is 0.761. The molecular weight excluding hydrogens is 284 g/mol. The average molecular weight is 298 g/mol. The molecule has 8 heteroatoms. The highest BCUT2D eigenvalue weighted by Gasteiger charge is 2.21. The van der Waals surface area contributed by atoms with Crippen LogP contribution in [0.4, 0.5) is 5.95 Å². The molecule has 1 aliphatic heterocycles. The Hall–Kier alpha value is -2.74. The number of ether oxygens (including phenoxy) is 1. The Labute approximate surface area is 125 Å². The second kappa shape index (κ2) is 5.23. The first-order valence-electron chi connectivity index (χ1n) is 7.05. The molecule has 1 saturated heterocycles. The van der Waals surface area contributed by atoms with Crippen molar-refractivity contribution in [3.8, 4) is 0 Å². The Morgan fingerprint density at radius 3 is 3.14 bits per heavy atom. The molecule has 8 nitrogen and oxygen atoms in total. The average Bonchev–Trinajstić information content (AvgIpc) is 3.26. The Morgan fingerprint density at radius 1 is 1.41 bits per heavy atom. The Morgan fingerprint density at radius 2 is 2.32 bits per heavy atom. The van der Waals surface area contributed by atoms with Gasteiger partial charge in [-0.3, -0.25) is 10.1 Å². The minimum atomic E-state index is -0.343. The summed E-state index contributed by atoms with van der Waals surface area (Å²) in [6, 6.07) is 7.72. The van der Waals surface area contributed by atoms with Crippen molar-refractivity contribution in [1.82, 2.24) is 25.0 Å². The number of H-pyrrole nitrogens is 1. The number of nitrogens with zero attached hydrogens (tertiary/aromatic N) is 4. The number of nitrogens with one attached hydrogen (secondary N) is 2. The number of benzene rings is 1. The molecule has 0 bridgehead atoms. The van der Waals surface area contributed by atoms with Crippen LogP contribution < -0.4 is 5.32 Å². The summed E-state index contributed by atoms with van der Waals surface area (Å²) < 4.78 is 6.99. The maximum absolute atomic E-state index is 12.2. The molecule has 1 unspecified atom stereocenters. The summed E-state index contributed by atoms with van der Waals surface area (Å²) >= 11 is 0. The van der Waals surface area contributed by atoms with E-state index in [0.717, 1.165) is 17.5 Å². The third-order valence-corrected chi connectivity index (χ3v) is 3.64. The van der Waals surface area contributed by atoms with Crippen LogP contribution in [0.1, 0.15) is 23.0 Å². The van der Waals surface area contributed by atoms with Gasteiger partial charge in [-0.15, -0.1) is 5.10 Å². The maximum atomic E-state index is 12.2. The van der Waals surface area contributed by atoms with Crippen molar-refractivity contribution in [3.63, 3.8) is 0 Å². The molecule has 112 valence electrons. The Kier molecular flexibility index (Phi) is 3.08. The number of anilines is 1. The molecule has 3 heterocycles. The standard InChI is InChI=1S/C14H14N6O2/c21-13(12-7-20(19-18-12)9-5-6-22-8-9)17-14-15-10-3-1-2-4-11(10)16-14/h1-4,7,9H,5-6,8H2,(H2,15,16,17,21). The number of carbonyl (C=O) groups is 1. The van der Waals surface area contributed by atoms with E-state index >= 15 is 0 Å². The van der Waals surface area contributed by atoms with Gasteiger partial charge in [0.05, 0.1) is 29.9 Å². The van der Waals surface area contributed by atoms with Crippen molar-refractivity contribution in [1.29, 1.82) is 0 Å². The predicted octanol–water partition coefficient (Wildman–Crippen LogP) is 1.37. The lowest BCUT2D eigenvalue weighted by Gasteiger charge is -2.04. The molecule has 1 aliphatic rings. The van der Waals surface area contributed by atoms with Crippen LogP contribution in [0.15, 0.2) is 30.5 Å². The normalized spacial score (nSPS) is 17.9. The van der Waals surface area contributed by atoms with Crippen molar-refractivity contribution >= 4 is 22.9 Å². The molecule has 4 rings (SSSR count). The van der Waals surface area contributed by atoms with Crippen molar-refractivity contribution in [3.05, 3.63) is 36.2 Å². The molecule has 1 amide bonds. The highest BCUT2D eigenvalue weighted by atomic mass is 16.5. The molecule has 1 fully saturated rings. The van der Waals surface area contributed by atoms with Gasteiger partial charge in [-0.05, 0) is 18.6 Å². The number of amides is 1. The zero-order chi connectivity index (χ0) is 14.9. The largest absolute Gasteiger partial charge is 0.379 e. The van der Waals surface area contributed by atoms with Crippen LogP contribution in [0.3, 0.4) is 0 Å². The van der Waals surface area contributed by atoms with E-state index in [1.165, 1.54) is 0 Å². The van der Waals surface area contributed by atoms with Crippen molar-refractivity contribution in [2.45, 2.75) is 12.5 Å². The molecule has 3 aromatic rings.